The van der Waals surface area contributed by atoms with E-state index in [4.69, 9.17) is 4.74 Å². The van der Waals surface area contributed by atoms with Gasteiger partial charge >= 0.3 is 6.09 Å². The second-order valence-corrected chi connectivity index (χ2v) is 4.90. The van der Waals surface area contributed by atoms with Crippen molar-refractivity contribution in [3.05, 3.63) is 29.8 Å². The Balaban J connectivity index is 2.89. The third-order valence-electron chi connectivity index (χ3n) is 3.19. The van der Waals surface area contributed by atoms with Gasteiger partial charge in [0.05, 0.1) is 0 Å². The highest BCUT2D eigenvalue weighted by Gasteiger charge is 2.23. The average molecular weight is 250 g/mol. The molecule has 0 aliphatic rings. The number of hydrogen-bond donors (Lipinski definition) is 1. The molecule has 0 aliphatic heterocycles. The Morgan fingerprint density at radius 2 is 2.06 bits per heavy atom. The summed E-state index contributed by atoms with van der Waals surface area (Å²) >= 11 is 0. The van der Waals surface area contributed by atoms with Gasteiger partial charge in [-0.25, -0.2) is 4.79 Å². The summed E-state index contributed by atoms with van der Waals surface area (Å²) < 4.78 is 5.20. The predicted molar refractivity (Wildman–Crippen MR) is 72.9 cm³/mol. The number of benzene rings is 1. The van der Waals surface area contributed by atoms with E-state index < -0.39 is 6.09 Å². The molecule has 0 radical (unpaired) electrons. The number of carbonyl (C=O) groups excluding carboxylic acids is 1. The molecule has 0 spiro atoms. The summed E-state index contributed by atoms with van der Waals surface area (Å²) in [5, 5.41) is 2.60. The van der Waals surface area contributed by atoms with Crippen LogP contribution in [0.3, 0.4) is 0 Å². The fourth-order valence-electron chi connectivity index (χ4n) is 1.49. The minimum absolute atomic E-state index is 0.111. The van der Waals surface area contributed by atoms with Gasteiger partial charge < -0.3 is 15.0 Å². The van der Waals surface area contributed by atoms with Gasteiger partial charge in [0.25, 0.3) is 0 Å². The molecule has 0 aliphatic carbocycles. The molecule has 0 heterocycles. The van der Waals surface area contributed by atoms with Gasteiger partial charge in [-0.3, -0.25) is 0 Å². The van der Waals surface area contributed by atoms with Crippen molar-refractivity contribution in [1.82, 2.24) is 10.2 Å². The van der Waals surface area contributed by atoms with Gasteiger partial charge in [-0.05, 0) is 52.6 Å². The molecule has 0 saturated heterocycles. The van der Waals surface area contributed by atoms with Crippen molar-refractivity contribution in [2.24, 2.45) is 0 Å². The van der Waals surface area contributed by atoms with E-state index in [1.807, 2.05) is 39.2 Å². The lowest BCUT2D eigenvalue weighted by Gasteiger charge is -2.33. The van der Waals surface area contributed by atoms with Gasteiger partial charge in [0.2, 0.25) is 0 Å². The van der Waals surface area contributed by atoms with Crippen LogP contribution in [0, 0.1) is 0 Å². The second-order valence-electron chi connectivity index (χ2n) is 4.90. The van der Waals surface area contributed by atoms with E-state index in [0.717, 1.165) is 5.56 Å². The van der Waals surface area contributed by atoms with Crippen LogP contribution >= 0.6 is 0 Å². The topological polar surface area (TPSA) is 41.6 Å². The molecular formula is C14H22N2O2. The summed E-state index contributed by atoms with van der Waals surface area (Å²) in [5.74, 6) is 0.563. The fourth-order valence-corrected chi connectivity index (χ4v) is 1.49. The van der Waals surface area contributed by atoms with Crippen molar-refractivity contribution < 1.29 is 9.53 Å². The maximum absolute atomic E-state index is 11.4. The molecule has 0 unspecified atom stereocenters. The maximum atomic E-state index is 11.4. The van der Waals surface area contributed by atoms with Crippen LogP contribution in [0.2, 0.25) is 0 Å². The van der Waals surface area contributed by atoms with Crippen LogP contribution in [-0.4, -0.2) is 31.6 Å². The van der Waals surface area contributed by atoms with E-state index in [2.05, 4.69) is 24.1 Å². The number of amides is 1. The van der Waals surface area contributed by atoms with Crippen LogP contribution in [0.5, 0.6) is 5.75 Å². The average Bonchev–Trinajstić information content (AvgIpc) is 2.29. The zero-order valence-corrected chi connectivity index (χ0v) is 11.8. The number of nitrogens with one attached hydrogen (secondary N) is 1. The number of ether oxygens (including phenoxy) is 1. The second kappa shape index (κ2) is 5.87. The Labute approximate surface area is 109 Å². The molecule has 4 nitrogen and oxygen atoms in total. The SMILES string of the molecule is CCNC(=O)Oc1cccc(C(C)(C)N(C)C)c1. The lowest BCUT2D eigenvalue weighted by atomic mass is 9.93. The van der Waals surface area contributed by atoms with E-state index in [1.54, 1.807) is 6.07 Å². The van der Waals surface area contributed by atoms with Gasteiger partial charge in [0, 0.05) is 12.1 Å². The van der Waals surface area contributed by atoms with Gasteiger partial charge in [0.1, 0.15) is 5.75 Å². The first kappa shape index (κ1) is 14.5. The molecule has 0 bridgehead atoms. The maximum Gasteiger partial charge on any atom is 0.412 e. The Kier molecular flexibility index (Phi) is 4.73. The molecule has 1 aromatic carbocycles. The molecule has 0 fully saturated rings. The first-order valence-electron chi connectivity index (χ1n) is 6.11. The Hall–Kier alpha value is -1.55. The lowest BCUT2D eigenvalue weighted by Crippen LogP contribution is -2.35. The van der Waals surface area contributed by atoms with Crippen LogP contribution < -0.4 is 10.1 Å². The highest BCUT2D eigenvalue weighted by molar-refractivity contribution is 5.70. The van der Waals surface area contributed by atoms with Crippen molar-refractivity contribution in [3.63, 3.8) is 0 Å². The highest BCUT2D eigenvalue weighted by atomic mass is 16.5. The summed E-state index contributed by atoms with van der Waals surface area (Å²) in [6, 6.07) is 7.61. The van der Waals surface area contributed by atoms with Crippen LogP contribution in [-0.2, 0) is 5.54 Å². The van der Waals surface area contributed by atoms with E-state index in [-0.39, 0.29) is 5.54 Å². The highest BCUT2D eigenvalue weighted by Crippen LogP contribution is 2.27. The third kappa shape index (κ3) is 3.47. The Bertz CT molecular complexity index is 414. The predicted octanol–water partition coefficient (Wildman–Crippen LogP) is 2.59. The van der Waals surface area contributed by atoms with Crippen LogP contribution in [0.1, 0.15) is 26.3 Å². The largest absolute Gasteiger partial charge is 0.412 e. The van der Waals surface area contributed by atoms with Crippen molar-refractivity contribution in [3.8, 4) is 5.75 Å². The number of hydrogen-bond acceptors (Lipinski definition) is 3. The lowest BCUT2D eigenvalue weighted by molar-refractivity contribution is 0.194. The van der Waals surface area contributed by atoms with E-state index in [9.17, 15) is 4.79 Å². The van der Waals surface area contributed by atoms with Gasteiger partial charge in [0.15, 0.2) is 0 Å². The minimum atomic E-state index is -0.419. The summed E-state index contributed by atoms with van der Waals surface area (Å²) in [6.07, 6.45) is -0.419. The van der Waals surface area contributed by atoms with E-state index in [0.29, 0.717) is 12.3 Å². The molecule has 100 valence electrons. The number of nitrogens with zero attached hydrogens (tertiary/aromatic N) is 1. The zero-order valence-electron chi connectivity index (χ0n) is 11.8. The Morgan fingerprint density at radius 1 is 1.39 bits per heavy atom. The van der Waals surface area contributed by atoms with Crippen LogP contribution in [0.15, 0.2) is 24.3 Å². The molecule has 18 heavy (non-hydrogen) atoms. The number of carbonyl (C=O) groups is 1. The Morgan fingerprint density at radius 3 is 2.61 bits per heavy atom. The van der Waals surface area contributed by atoms with Gasteiger partial charge in [-0.1, -0.05) is 12.1 Å². The van der Waals surface area contributed by atoms with E-state index >= 15 is 0 Å². The molecule has 0 saturated carbocycles. The fraction of sp³-hybridized carbons (Fsp3) is 0.500. The normalized spacial score (nSPS) is 11.4. The standard InChI is InChI=1S/C14H22N2O2/c1-6-15-13(17)18-12-9-7-8-11(10-12)14(2,3)16(4)5/h7-10H,6H2,1-5H3,(H,15,17). The summed E-state index contributed by atoms with van der Waals surface area (Å²) in [7, 11) is 4.05. The molecule has 4 heteroatoms. The van der Waals surface area contributed by atoms with Crippen molar-refractivity contribution >= 4 is 6.09 Å². The minimum Gasteiger partial charge on any atom is -0.410 e. The molecular weight excluding hydrogens is 228 g/mol. The molecule has 1 N–H and O–H groups in total. The third-order valence-corrected chi connectivity index (χ3v) is 3.19. The monoisotopic (exact) mass is 250 g/mol. The molecule has 1 amide bonds. The van der Waals surface area contributed by atoms with Gasteiger partial charge in [-0.15, -0.1) is 0 Å². The molecule has 0 aromatic heterocycles. The van der Waals surface area contributed by atoms with Crippen molar-refractivity contribution in [2.45, 2.75) is 26.3 Å². The molecule has 0 atom stereocenters. The van der Waals surface area contributed by atoms with Crippen molar-refractivity contribution in [1.29, 1.82) is 0 Å². The quantitative estimate of drug-likeness (QED) is 0.893. The first-order chi connectivity index (χ1) is 8.37. The smallest absolute Gasteiger partial charge is 0.410 e. The first-order valence-corrected chi connectivity index (χ1v) is 6.11. The number of rotatable bonds is 4. The molecule has 1 rings (SSSR count). The van der Waals surface area contributed by atoms with Crippen LogP contribution in [0.25, 0.3) is 0 Å². The van der Waals surface area contributed by atoms with Crippen LogP contribution in [0.4, 0.5) is 4.79 Å². The van der Waals surface area contributed by atoms with Gasteiger partial charge in [-0.2, -0.15) is 0 Å². The molecule has 1 aromatic rings. The summed E-state index contributed by atoms with van der Waals surface area (Å²) in [4.78, 5) is 13.5. The summed E-state index contributed by atoms with van der Waals surface area (Å²) in [6.45, 7) is 6.66. The summed E-state index contributed by atoms with van der Waals surface area (Å²) in [5.41, 5.74) is 0.995. The van der Waals surface area contributed by atoms with E-state index in [1.165, 1.54) is 0 Å². The zero-order chi connectivity index (χ0) is 13.8. The van der Waals surface area contributed by atoms with Crippen molar-refractivity contribution in [2.75, 3.05) is 20.6 Å².